The molecular formula is C48H77NO9P+. The van der Waals surface area contributed by atoms with Crippen LogP contribution in [0.1, 0.15) is 110 Å². The fourth-order valence-electron chi connectivity index (χ4n) is 4.68. The minimum absolute atomic E-state index is 0.00216. The van der Waals surface area contributed by atoms with Crippen LogP contribution in [0.3, 0.4) is 0 Å². The van der Waals surface area contributed by atoms with Crippen molar-refractivity contribution in [3.63, 3.8) is 0 Å². The van der Waals surface area contributed by atoms with Gasteiger partial charge in [0, 0.05) is 12.8 Å². The van der Waals surface area contributed by atoms with E-state index in [0.29, 0.717) is 43.1 Å². The lowest BCUT2D eigenvalue weighted by molar-refractivity contribution is -0.870. The van der Waals surface area contributed by atoms with Crippen molar-refractivity contribution in [3.8, 4) is 0 Å². The van der Waals surface area contributed by atoms with Crippen LogP contribution in [0.2, 0.25) is 0 Å². The van der Waals surface area contributed by atoms with Gasteiger partial charge in [-0.25, -0.2) is 4.57 Å². The number of hydrogen-bond donors (Lipinski definition) is 2. The van der Waals surface area contributed by atoms with E-state index in [1.165, 1.54) is 0 Å². The molecule has 0 aliphatic carbocycles. The number of nitrogens with zero attached hydrogens (tertiary/aromatic N) is 1. The highest BCUT2D eigenvalue weighted by Crippen LogP contribution is 2.43. The lowest BCUT2D eigenvalue weighted by Crippen LogP contribution is -2.37. The first-order valence-electron chi connectivity index (χ1n) is 21.4. The van der Waals surface area contributed by atoms with Crippen LogP contribution in [0, 0.1) is 0 Å². The fourth-order valence-corrected chi connectivity index (χ4v) is 5.42. The van der Waals surface area contributed by atoms with Gasteiger partial charge in [0.25, 0.3) is 0 Å². The number of rotatable bonds is 36. The number of likely N-dealkylation sites (N-methyl/N-ethyl adjacent to an activating group) is 1. The monoisotopic (exact) mass is 843 g/mol. The van der Waals surface area contributed by atoms with Crippen LogP contribution in [0.15, 0.2) is 122 Å². The molecule has 59 heavy (non-hydrogen) atoms. The summed E-state index contributed by atoms with van der Waals surface area (Å²) in [6, 6.07) is 0. The summed E-state index contributed by atoms with van der Waals surface area (Å²) in [6.07, 6.45) is 50.7. The smallest absolute Gasteiger partial charge is 0.462 e. The number of aliphatic hydroxyl groups is 1. The number of esters is 2. The van der Waals surface area contributed by atoms with Gasteiger partial charge in [-0.3, -0.25) is 18.6 Å². The molecule has 0 aromatic rings. The Bertz CT molecular complexity index is 1430. The van der Waals surface area contributed by atoms with Gasteiger partial charge in [-0.2, -0.15) is 0 Å². The second-order valence-electron chi connectivity index (χ2n) is 14.8. The van der Waals surface area contributed by atoms with Gasteiger partial charge in [-0.05, 0) is 83.5 Å². The molecule has 0 spiro atoms. The van der Waals surface area contributed by atoms with E-state index < -0.39 is 32.5 Å². The van der Waals surface area contributed by atoms with E-state index in [1.54, 1.807) is 6.08 Å². The molecule has 0 aliphatic heterocycles. The van der Waals surface area contributed by atoms with Crippen molar-refractivity contribution in [2.24, 2.45) is 0 Å². The number of aliphatic hydroxyl groups excluding tert-OH is 1. The van der Waals surface area contributed by atoms with Crippen LogP contribution in [0.4, 0.5) is 0 Å². The van der Waals surface area contributed by atoms with E-state index in [2.05, 4.69) is 85.9 Å². The molecule has 0 saturated heterocycles. The molecule has 1 unspecified atom stereocenters. The second kappa shape index (κ2) is 38.6. The van der Waals surface area contributed by atoms with Crippen LogP contribution in [0.25, 0.3) is 0 Å². The number of quaternary nitrogens is 1. The zero-order valence-electron chi connectivity index (χ0n) is 36.8. The largest absolute Gasteiger partial charge is 0.472 e. The second-order valence-corrected chi connectivity index (χ2v) is 16.3. The maximum atomic E-state index is 12.7. The SMILES string of the molecule is CC/C=C\C/C=C\C/C=C\C/C=C\C/C=C\CCCC(=O)OC[C@H](COP(=O)(O)OCC[N+](C)(C)C)OC(=O)CCC/C=C\C/C=C\C/C=C\C/C=C\C=C\[C@H](O)CC. The van der Waals surface area contributed by atoms with Crippen LogP contribution in [0.5, 0.6) is 0 Å². The Morgan fingerprint density at radius 2 is 1.07 bits per heavy atom. The van der Waals surface area contributed by atoms with Crippen molar-refractivity contribution in [2.45, 2.75) is 122 Å². The first-order chi connectivity index (χ1) is 28.4. The third-order valence-electron chi connectivity index (χ3n) is 8.14. The molecule has 0 radical (unpaired) electrons. The van der Waals surface area contributed by atoms with E-state index >= 15 is 0 Å². The molecule has 0 fully saturated rings. The maximum Gasteiger partial charge on any atom is 0.472 e. The summed E-state index contributed by atoms with van der Waals surface area (Å²) in [4.78, 5) is 35.3. The predicted molar refractivity (Wildman–Crippen MR) is 243 cm³/mol. The van der Waals surface area contributed by atoms with Crippen LogP contribution < -0.4 is 0 Å². The summed E-state index contributed by atoms with van der Waals surface area (Å²) in [6.45, 7) is 3.79. The van der Waals surface area contributed by atoms with Crippen LogP contribution >= 0.6 is 7.82 Å². The Labute approximate surface area is 357 Å². The third-order valence-corrected chi connectivity index (χ3v) is 9.13. The minimum Gasteiger partial charge on any atom is -0.462 e. The topological polar surface area (TPSA) is 129 Å². The highest BCUT2D eigenvalue weighted by atomic mass is 31.2. The zero-order valence-corrected chi connectivity index (χ0v) is 37.7. The van der Waals surface area contributed by atoms with Crippen molar-refractivity contribution < 1.29 is 47.2 Å². The zero-order chi connectivity index (χ0) is 43.7. The molecule has 0 aromatic heterocycles. The van der Waals surface area contributed by atoms with Gasteiger partial charge >= 0.3 is 19.8 Å². The van der Waals surface area contributed by atoms with E-state index in [-0.39, 0.29) is 32.2 Å². The fraction of sp³-hybridized carbons (Fsp3) is 0.542. The van der Waals surface area contributed by atoms with Crippen molar-refractivity contribution in [2.75, 3.05) is 47.5 Å². The highest BCUT2D eigenvalue weighted by molar-refractivity contribution is 7.47. The van der Waals surface area contributed by atoms with Crippen molar-refractivity contribution in [1.82, 2.24) is 0 Å². The molecule has 0 saturated carbocycles. The Hall–Kier alpha value is -3.63. The lowest BCUT2D eigenvalue weighted by Gasteiger charge is -2.24. The standard InChI is InChI=1S/C48H76NO9P/c1-6-8-9-10-11-12-13-14-15-16-17-21-24-27-30-33-36-39-47(51)55-43-46(44-57-59(53,54)56-42-41-49(3,4)5)58-48(52)40-37-34-31-28-25-22-19-18-20-23-26-29-32-35-38-45(50)7-2/h8-9,11-12,14-15,17,19-23,27-32,35,38,45-46,50H,6-7,10,13,16,18,24-26,33-34,36-37,39-44H2,1-5H3/p+1/b9-8-,12-11-,15-14-,21-17-,22-19-,23-20-,30-27-,31-28-,32-29-,38-35+/t45-,46-/m1/s1. The molecule has 2 N–H and O–H groups in total. The summed E-state index contributed by atoms with van der Waals surface area (Å²) in [5.41, 5.74) is 0. The summed E-state index contributed by atoms with van der Waals surface area (Å²) < 4.78 is 34.1. The number of unbranched alkanes of at least 4 members (excludes halogenated alkanes) is 2. The number of ether oxygens (including phenoxy) is 2. The molecule has 0 bridgehead atoms. The average molecular weight is 843 g/mol. The van der Waals surface area contributed by atoms with E-state index in [1.807, 2.05) is 64.5 Å². The number of phosphoric ester groups is 1. The maximum absolute atomic E-state index is 12.7. The van der Waals surface area contributed by atoms with E-state index in [0.717, 1.165) is 51.4 Å². The predicted octanol–water partition coefficient (Wildman–Crippen LogP) is 11.1. The van der Waals surface area contributed by atoms with Gasteiger partial charge < -0.3 is 24.0 Å². The first kappa shape index (κ1) is 55.4. The molecule has 0 heterocycles. The molecule has 0 rings (SSSR count). The summed E-state index contributed by atoms with van der Waals surface area (Å²) in [7, 11) is 1.36. The normalized spacial score (nSPS) is 15.3. The Balaban J connectivity index is 4.62. The van der Waals surface area contributed by atoms with Crippen LogP contribution in [-0.4, -0.2) is 86.1 Å². The van der Waals surface area contributed by atoms with Gasteiger partial charge in [0.2, 0.25) is 0 Å². The molecule has 11 heteroatoms. The Morgan fingerprint density at radius 1 is 0.610 bits per heavy atom. The summed E-state index contributed by atoms with van der Waals surface area (Å²) in [5, 5.41) is 9.48. The molecular weight excluding hydrogens is 765 g/mol. The molecule has 0 aliphatic rings. The third kappa shape index (κ3) is 42.3. The lowest BCUT2D eigenvalue weighted by atomic mass is 10.2. The minimum atomic E-state index is -4.42. The Morgan fingerprint density at radius 3 is 1.54 bits per heavy atom. The average Bonchev–Trinajstić information content (AvgIpc) is 3.19. The van der Waals surface area contributed by atoms with Gasteiger partial charge in [0.1, 0.15) is 19.8 Å². The van der Waals surface area contributed by atoms with Gasteiger partial charge in [0.15, 0.2) is 6.10 Å². The van der Waals surface area contributed by atoms with Gasteiger partial charge in [0.05, 0.1) is 33.9 Å². The van der Waals surface area contributed by atoms with Crippen LogP contribution in [-0.2, 0) is 32.7 Å². The van der Waals surface area contributed by atoms with Gasteiger partial charge in [-0.15, -0.1) is 0 Å². The van der Waals surface area contributed by atoms with Crippen molar-refractivity contribution in [1.29, 1.82) is 0 Å². The highest BCUT2D eigenvalue weighted by Gasteiger charge is 2.27. The molecule has 0 amide bonds. The van der Waals surface area contributed by atoms with E-state index in [9.17, 15) is 24.2 Å². The molecule has 332 valence electrons. The quantitative estimate of drug-likeness (QED) is 0.0158. The molecule has 0 aromatic carbocycles. The van der Waals surface area contributed by atoms with Crippen molar-refractivity contribution >= 4 is 19.8 Å². The number of allylic oxidation sites excluding steroid dienone is 19. The van der Waals surface area contributed by atoms with Crippen molar-refractivity contribution in [3.05, 3.63) is 122 Å². The molecule has 10 nitrogen and oxygen atoms in total. The summed E-state index contributed by atoms with van der Waals surface area (Å²) >= 11 is 0. The number of hydrogen-bond acceptors (Lipinski definition) is 8. The number of phosphoric acid groups is 1. The van der Waals surface area contributed by atoms with Gasteiger partial charge in [-0.1, -0.05) is 135 Å². The Kier molecular flexibility index (Phi) is 36.2. The number of carbonyl (C=O) groups excluding carboxylic acids is 2. The first-order valence-corrected chi connectivity index (χ1v) is 22.9. The molecule has 3 atom stereocenters. The number of carbonyl (C=O) groups is 2. The van der Waals surface area contributed by atoms with E-state index in [4.69, 9.17) is 18.5 Å². The summed E-state index contributed by atoms with van der Waals surface area (Å²) in [5.74, 6) is -0.971.